The van der Waals surface area contributed by atoms with Gasteiger partial charge >= 0.3 is 5.97 Å². The monoisotopic (exact) mass is 599 g/mol. The Kier molecular flexibility index (Phi) is 7.50. The highest BCUT2D eigenvalue weighted by atomic mass is 16.8. The Bertz CT molecular complexity index is 1180. The molecule has 0 aromatic rings. The van der Waals surface area contributed by atoms with Crippen molar-refractivity contribution in [1.82, 2.24) is 5.01 Å². The third-order valence-electron chi connectivity index (χ3n) is 14.7. The lowest BCUT2D eigenvalue weighted by atomic mass is 9.33. The molecule has 0 radical (unpaired) electrons. The van der Waals surface area contributed by atoms with Gasteiger partial charge in [-0.25, -0.2) is 0 Å². The van der Waals surface area contributed by atoms with Crippen LogP contribution in [0.2, 0.25) is 0 Å². The van der Waals surface area contributed by atoms with Gasteiger partial charge in [0, 0.05) is 0 Å². The Morgan fingerprint density at radius 3 is 2.42 bits per heavy atom. The summed E-state index contributed by atoms with van der Waals surface area (Å²) in [6, 6.07) is 0. The standard InChI is InChI=1S/C35H57N3O5/c1-30(2)16-18-35(29(40)42-23-43-36-38(41)37-20-8-9-21-37)19-17-33(6)24(25(35)22-30)10-11-27-32(5)14-13-28(39)31(3,4)26(32)12-15-34(27,33)7/h10,25-28,39H,8-9,11-23H2,1-7H3/b38-36-/t25?,26?,27-,28+,32+,33-,34-,35?/m1/s1. The normalized spacial score (nSPS) is 45.2. The van der Waals surface area contributed by atoms with Gasteiger partial charge < -0.3 is 19.9 Å². The highest BCUT2D eigenvalue weighted by Gasteiger charge is 2.69. The summed E-state index contributed by atoms with van der Waals surface area (Å²) >= 11 is 0. The van der Waals surface area contributed by atoms with Crippen molar-refractivity contribution in [1.29, 1.82) is 0 Å². The van der Waals surface area contributed by atoms with Gasteiger partial charge in [-0.15, -0.1) is 5.01 Å². The van der Waals surface area contributed by atoms with E-state index in [2.05, 4.69) is 59.8 Å². The number of allylic oxidation sites excluding steroid dienone is 2. The first-order chi connectivity index (χ1) is 20.1. The minimum atomic E-state index is -0.558. The number of nitrogens with zero attached hydrogens (tertiary/aromatic N) is 3. The molecule has 0 amide bonds. The molecule has 5 aliphatic carbocycles. The summed E-state index contributed by atoms with van der Waals surface area (Å²) in [5.74, 6) is 1.05. The number of carbonyl (C=O) groups excluding carboxylic acids is 1. The predicted molar refractivity (Wildman–Crippen MR) is 164 cm³/mol. The van der Waals surface area contributed by atoms with Gasteiger partial charge in [0.15, 0.2) is 0 Å². The van der Waals surface area contributed by atoms with Crippen LogP contribution < -0.4 is 0 Å². The maximum absolute atomic E-state index is 14.1. The third-order valence-corrected chi connectivity index (χ3v) is 14.7. The number of rotatable bonds is 5. The zero-order valence-electron chi connectivity index (χ0n) is 27.9. The zero-order valence-corrected chi connectivity index (χ0v) is 27.9. The summed E-state index contributed by atoms with van der Waals surface area (Å²) in [7, 11) is 0. The van der Waals surface area contributed by atoms with E-state index in [1.54, 1.807) is 5.01 Å². The lowest BCUT2D eigenvalue weighted by molar-refractivity contribution is -0.708. The molecule has 8 atom stereocenters. The van der Waals surface area contributed by atoms with Gasteiger partial charge in [0.25, 0.3) is 6.79 Å². The van der Waals surface area contributed by atoms with Crippen molar-refractivity contribution in [2.45, 2.75) is 132 Å². The Labute approximate surface area is 259 Å². The topological polar surface area (TPSA) is 97.4 Å². The van der Waals surface area contributed by atoms with Crippen LogP contribution in [0, 0.1) is 55.5 Å². The number of ether oxygens (including phenoxy) is 1. The van der Waals surface area contributed by atoms with E-state index in [1.807, 2.05) is 0 Å². The number of hydrazine groups is 1. The van der Waals surface area contributed by atoms with Crippen LogP contribution in [-0.2, 0) is 14.4 Å². The predicted octanol–water partition coefficient (Wildman–Crippen LogP) is 7.55. The number of carbonyl (C=O) groups is 1. The number of hydrogen-bond donors (Lipinski definition) is 1. The molecule has 43 heavy (non-hydrogen) atoms. The third kappa shape index (κ3) is 4.57. The van der Waals surface area contributed by atoms with E-state index in [0.29, 0.717) is 29.9 Å². The fourth-order valence-electron chi connectivity index (χ4n) is 11.8. The molecule has 8 heteroatoms. The van der Waals surface area contributed by atoms with Gasteiger partial charge in [-0.2, -0.15) is 0 Å². The van der Waals surface area contributed by atoms with Crippen molar-refractivity contribution in [2.24, 2.45) is 55.5 Å². The molecule has 1 aliphatic heterocycles. The number of aliphatic hydroxyl groups excluding tert-OH is 1. The van der Waals surface area contributed by atoms with Crippen molar-refractivity contribution in [3.05, 3.63) is 16.9 Å². The van der Waals surface area contributed by atoms with Crippen LogP contribution in [-0.4, -0.2) is 47.0 Å². The molecule has 242 valence electrons. The molecule has 1 saturated heterocycles. The Balaban J connectivity index is 1.27. The second-order valence-corrected chi connectivity index (χ2v) is 17.4. The molecule has 6 aliphatic rings. The van der Waals surface area contributed by atoms with E-state index in [0.717, 1.165) is 70.6 Å². The SMILES string of the molecule is CC1(C)CCC2(C(=O)OCO/N=[N+](\[O-])N3CCCC3)CC[C@]3(C)C(=CC[C@@H]4[C@@]5(C)CC[C@H](O)C(C)(C)C5CC[C@]43C)C2C1. The van der Waals surface area contributed by atoms with E-state index < -0.39 is 5.41 Å². The molecule has 1 N–H and O–H groups in total. The number of aliphatic hydroxyl groups is 1. The lowest BCUT2D eigenvalue weighted by Gasteiger charge is -2.71. The van der Waals surface area contributed by atoms with Gasteiger partial charge in [-0.3, -0.25) is 4.79 Å². The van der Waals surface area contributed by atoms with Gasteiger partial charge in [0.05, 0.1) is 29.6 Å². The molecular formula is C35H57N3O5. The molecule has 4 saturated carbocycles. The average molecular weight is 600 g/mol. The van der Waals surface area contributed by atoms with Gasteiger partial charge in [0.1, 0.15) is 0 Å². The van der Waals surface area contributed by atoms with Crippen molar-refractivity contribution in [2.75, 3.05) is 19.9 Å². The maximum Gasteiger partial charge on any atom is 0.315 e. The van der Waals surface area contributed by atoms with Crippen LogP contribution in [0.5, 0.6) is 0 Å². The van der Waals surface area contributed by atoms with Crippen LogP contribution in [0.1, 0.15) is 126 Å². The molecule has 3 unspecified atom stereocenters. The van der Waals surface area contributed by atoms with E-state index in [1.165, 1.54) is 12.0 Å². The van der Waals surface area contributed by atoms with Gasteiger partial charge in [-0.1, -0.05) is 60.1 Å². The first-order valence-corrected chi connectivity index (χ1v) is 17.2. The molecule has 8 nitrogen and oxygen atoms in total. The summed E-state index contributed by atoms with van der Waals surface area (Å²) in [5.41, 5.74) is 1.41. The summed E-state index contributed by atoms with van der Waals surface area (Å²) in [5, 5.41) is 28.4. The lowest BCUT2D eigenvalue weighted by Crippen LogP contribution is -2.65. The van der Waals surface area contributed by atoms with Crippen molar-refractivity contribution < 1.29 is 24.4 Å². The Hall–Kier alpha value is -1.83. The summed E-state index contributed by atoms with van der Waals surface area (Å²) in [6.07, 6.45) is 14.3. The van der Waals surface area contributed by atoms with Crippen LogP contribution in [0.4, 0.5) is 0 Å². The average Bonchev–Trinajstić information content (AvgIpc) is 3.49. The van der Waals surface area contributed by atoms with Crippen molar-refractivity contribution in [3.63, 3.8) is 0 Å². The van der Waals surface area contributed by atoms with Crippen LogP contribution >= 0.6 is 0 Å². The molecular weight excluding hydrogens is 542 g/mol. The molecule has 5 fully saturated rings. The number of esters is 1. The van der Waals surface area contributed by atoms with Gasteiger partial charge in [0.2, 0.25) is 5.28 Å². The van der Waals surface area contributed by atoms with E-state index >= 15 is 0 Å². The maximum atomic E-state index is 14.1. The number of fused-ring (bicyclic) bond motifs is 7. The smallest absolute Gasteiger partial charge is 0.315 e. The summed E-state index contributed by atoms with van der Waals surface area (Å²) in [4.78, 5) is 19.7. The molecule has 1 heterocycles. The summed E-state index contributed by atoms with van der Waals surface area (Å²) < 4.78 is 5.80. The Morgan fingerprint density at radius 1 is 1.00 bits per heavy atom. The first kappa shape index (κ1) is 31.2. The number of hydrogen-bond acceptors (Lipinski definition) is 6. The minimum Gasteiger partial charge on any atom is -0.569 e. The summed E-state index contributed by atoms with van der Waals surface area (Å²) in [6.45, 7) is 18.0. The quantitative estimate of drug-likeness (QED) is 0.0666. The van der Waals surface area contributed by atoms with Crippen molar-refractivity contribution >= 4 is 5.97 Å². The van der Waals surface area contributed by atoms with Crippen molar-refractivity contribution in [3.8, 4) is 0 Å². The Morgan fingerprint density at radius 2 is 1.70 bits per heavy atom. The minimum absolute atomic E-state index is 0.0244. The van der Waals surface area contributed by atoms with E-state index in [4.69, 9.17) is 9.57 Å². The zero-order chi connectivity index (χ0) is 31.1. The van der Waals surface area contributed by atoms with Crippen LogP contribution in [0.15, 0.2) is 16.9 Å². The molecule has 0 spiro atoms. The molecule has 6 rings (SSSR count). The fraction of sp³-hybridized carbons (Fsp3) is 0.914. The second kappa shape index (κ2) is 10.3. The van der Waals surface area contributed by atoms with Crippen LogP contribution in [0.3, 0.4) is 0 Å². The van der Waals surface area contributed by atoms with E-state index in [-0.39, 0.29) is 51.9 Å². The molecule has 0 aromatic carbocycles. The molecule has 0 aromatic heterocycles. The molecule has 0 bridgehead atoms. The first-order valence-electron chi connectivity index (χ1n) is 17.2. The van der Waals surface area contributed by atoms with Gasteiger partial charge in [-0.05, 0) is 122 Å². The van der Waals surface area contributed by atoms with Crippen LogP contribution in [0.25, 0.3) is 0 Å². The largest absolute Gasteiger partial charge is 0.569 e. The highest BCUT2D eigenvalue weighted by molar-refractivity contribution is 5.78. The van der Waals surface area contributed by atoms with E-state index in [9.17, 15) is 15.1 Å². The highest BCUT2D eigenvalue weighted by Crippen LogP contribution is 2.75. The fourth-order valence-corrected chi connectivity index (χ4v) is 11.8. The second-order valence-electron chi connectivity index (χ2n) is 17.4.